The summed E-state index contributed by atoms with van der Waals surface area (Å²) >= 11 is 7.55. The van der Waals surface area contributed by atoms with Gasteiger partial charge >= 0.3 is 0 Å². The summed E-state index contributed by atoms with van der Waals surface area (Å²) in [5.74, 6) is 0.405. The summed E-state index contributed by atoms with van der Waals surface area (Å²) in [6.07, 6.45) is 1.84. The number of para-hydroxylation sites is 1. The number of nitrogens with zero attached hydrogens (tertiary/aromatic N) is 2. The number of halogens is 1. The minimum absolute atomic E-state index is 0.203. The van der Waals surface area contributed by atoms with Crippen LogP contribution in [0.4, 0.5) is 5.69 Å². The molecule has 4 aromatic carbocycles. The van der Waals surface area contributed by atoms with Crippen LogP contribution in [-0.4, -0.2) is 10.5 Å². The van der Waals surface area contributed by atoms with E-state index in [1.54, 1.807) is 4.57 Å². The fraction of sp³-hybridized carbons (Fsp3) is 0.114. The monoisotopic (exact) mass is 605 g/mol. The molecule has 1 aliphatic heterocycles. The van der Waals surface area contributed by atoms with Gasteiger partial charge in [-0.3, -0.25) is 14.2 Å². The molecule has 0 spiro atoms. The number of carbonyl (C=O) groups excluding carboxylic acids is 1. The highest BCUT2D eigenvalue weighted by molar-refractivity contribution is 7.07. The lowest BCUT2D eigenvalue weighted by molar-refractivity contribution is -0.113. The molecule has 0 radical (unpaired) electrons. The van der Waals surface area contributed by atoms with E-state index >= 15 is 0 Å². The van der Waals surface area contributed by atoms with Crippen molar-refractivity contribution >= 4 is 40.6 Å². The van der Waals surface area contributed by atoms with Crippen LogP contribution < -0.4 is 24.9 Å². The quantitative estimate of drug-likeness (QED) is 0.233. The van der Waals surface area contributed by atoms with Crippen LogP contribution in [0.25, 0.3) is 6.08 Å². The lowest BCUT2D eigenvalue weighted by atomic mass is 9.94. The predicted molar refractivity (Wildman–Crippen MR) is 172 cm³/mol. The molecule has 0 bridgehead atoms. The first-order valence-electron chi connectivity index (χ1n) is 13.8. The van der Waals surface area contributed by atoms with E-state index in [4.69, 9.17) is 21.3 Å². The maximum Gasteiger partial charge on any atom is 0.271 e. The Labute approximate surface area is 257 Å². The zero-order chi connectivity index (χ0) is 29.9. The Kier molecular flexibility index (Phi) is 8.09. The first kappa shape index (κ1) is 28.4. The predicted octanol–water partition coefficient (Wildman–Crippen LogP) is 6.41. The van der Waals surface area contributed by atoms with Gasteiger partial charge in [-0.1, -0.05) is 101 Å². The Hall–Kier alpha value is -4.72. The molecule has 6 rings (SSSR count). The highest BCUT2D eigenvalue weighted by atomic mass is 35.5. The topological polar surface area (TPSA) is 72.7 Å². The van der Waals surface area contributed by atoms with E-state index in [1.807, 2.05) is 123 Å². The highest BCUT2D eigenvalue weighted by Gasteiger charge is 2.32. The number of carbonyl (C=O) groups is 1. The van der Waals surface area contributed by atoms with E-state index in [-0.39, 0.29) is 11.5 Å². The van der Waals surface area contributed by atoms with Crippen molar-refractivity contribution in [2.45, 2.75) is 26.5 Å². The van der Waals surface area contributed by atoms with Gasteiger partial charge in [0, 0.05) is 16.3 Å². The van der Waals surface area contributed by atoms with Crippen molar-refractivity contribution in [1.29, 1.82) is 0 Å². The van der Waals surface area contributed by atoms with Crippen LogP contribution in [0.3, 0.4) is 0 Å². The molecule has 1 amide bonds. The van der Waals surface area contributed by atoms with Gasteiger partial charge in [0.1, 0.15) is 12.4 Å². The van der Waals surface area contributed by atoms with Gasteiger partial charge in [-0.05, 0) is 61.4 Å². The lowest BCUT2D eigenvalue weighted by Crippen LogP contribution is -2.40. The first-order chi connectivity index (χ1) is 20.9. The number of benzene rings is 4. The summed E-state index contributed by atoms with van der Waals surface area (Å²) < 4.78 is 8.07. The number of aromatic nitrogens is 1. The number of allylic oxidation sites excluding steroid dienone is 1. The third-order valence-corrected chi connectivity index (χ3v) is 8.57. The molecule has 5 aromatic rings. The second kappa shape index (κ2) is 12.3. The third-order valence-electron chi connectivity index (χ3n) is 7.22. The van der Waals surface area contributed by atoms with Crippen molar-refractivity contribution in [3.05, 3.63) is 161 Å². The van der Waals surface area contributed by atoms with E-state index in [0.717, 1.165) is 22.3 Å². The van der Waals surface area contributed by atoms with Crippen LogP contribution in [0.1, 0.15) is 35.2 Å². The normalized spacial score (nSPS) is 14.7. The average Bonchev–Trinajstić information content (AvgIpc) is 3.31. The molecular formula is C35H28ClN3O3S. The van der Waals surface area contributed by atoms with Crippen molar-refractivity contribution in [1.82, 2.24) is 4.57 Å². The SMILES string of the molecule is CC1=C(C(=O)Nc2ccccc2)C(c2ccc(C)cc2)n2c(s/c(=C\c3ccc(OCc4ccccc4Cl)cc3)c2=O)=N1. The van der Waals surface area contributed by atoms with Crippen LogP contribution >= 0.6 is 22.9 Å². The minimum Gasteiger partial charge on any atom is -0.489 e. The standard InChI is InChI=1S/C35H28ClN3O3S/c1-22-12-16-25(17-13-22)32-31(33(40)38-27-9-4-3-5-10-27)23(2)37-35-39(32)34(41)30(43-35)20-24-14-18-28(19-15-24)42-21-26-8-6-7-11-29(26)36/h3-20,32H,21H2,1-2H3,(H,38,40)/b30-20-. The maximum absolute atomic E-state index is 14.0. The van der Waals surface area contributed by atoms with Gasteiger partial charge in [0.15, 0.2) is 4.80 Å². The molecule has 1 unspecified atom stereocenters. The Morgan fingerprint density at radius 3 is 2.37 bits per heavy atom. The van der Waals surface area contributed by atoms with Crippen molar-refractivity contribution in [2.75, 3.05) is 5.32 Å². The van der Waals surface area contributed by atoms with E-state index in [0.29, 0.717) is 43.7 Å². The van der Waals surface area contributed by atoms with Crippen molar-refractivity contribution < 1.29 is 9.53 Å². The van der Waals surface area contributed by atoms with Crippen LogP contribution in [0, 0.1) is 6.92 Å². The molecule has 6 nitrogen and oxygen atoms in total. The van der Waals surface area contributed by atoms with Gasteiger partial charge < -0.3 is 10.1 Å². The fourth-order valence-corrected chi connectivity index (χ4v) is 6.22. The molecule has 1 N–H and O–H groups in total. The number of anilines is 1. The largest absolute Gasteiger partial charge is 0.489 e. The summed E-state index contributed by atoms with van der Waals surface area (Å²) in [4.78, 5) is 32.9. The molecule has 2 heterocycles. The highest BCUT2D eigenvalue weighted by Crippen LogP contribution is 2.31. The van der Waals surface area contributed by atoms with Crippen molar-refractivity contribution in [3.8, 4) is 5.75 Å². The lowest BCUT2D eigenvalue weighted by Gasteiger charge is -2.25. The molecule has 0 aliphatic carbocycles. The smallest absolute Gasteiger partial charge is 0.271 e. The third kappa shape index (κ3) is 6.09. The molecule has 0 fully saturated rings. The Bertz CT molecular complexity index is 2010. The van der Waals surface area contributed by atoms with Gasteiger partial charge in [-0.2, -0.15) is 0 Å². The van der Waals surface area contributed by atoms with Crippen LogP contribution in [0.5, 0.6) is 5.75 Å². The molecule has 1 atom stereocenters. The number of ether oxygens (including phenoxy) is 1. The number of hydrogen-bond donors (Lipinski definition) is 1. The first-order valence-corrected chi connectivity index (χ1v) is 15.0. The van der Waals surface area contributed by atoms with Gasteiger partial charge in [-0.15, -0.1) is 0 Å². The number of rotatable bonds is 7. The molecular weight excluding hydrogens is 578 g/mol. The average molecular weight is 606 g/mol. The fourth-order valence-electron chi connectivity index (χ4n) is 4.98. The summed E-state index contributed by atoms with van der Waals surface area (Å²) in [5.41, 5.74) is 5.17. The number of amides is 1. The minimum atomic E-state index is -0.622. The number of thiazole rings is 1. The second-order valence-electron chi connectivity index (χ2n) is 10.3. The van der Waals surface area contributed by atoms with Gasteiger partial charge in [0.05, 0.1) is 21.8 Å². The zero-order valence-electron chi connectivity index (χ0n) is 23.6. The van der Waals surface area contributed by atoms with Crippen LogP contribution in [0.2, 0.25) is 5.02 Å². The molecule has 1 aromatic heterocycles. The summed E-state index contributed by atoms with van der Waals surface area (Å²) in [6, 6.07) is 31.7. The summed E-state index contributed by atoms with van der Waals surface area (Å²) in [7, 11) is 0. The van der Waals surface area contributed by atoms with Crippen LogP contribution in [0.15, 0.2) is 124 Å². The van der Waals surface area contributed by atoms with Crippen molar-refractivity contribution in [3.63, 3.8) is 0 Å². The second-order valence-corrected chi connectivity index (χ2v) is 11.7. The molecule has 0 saturated carbocycles. The van der Waals surface area contributed by atoms with Gasteiger partial charge in [0.2, 0.25) is 0 Å². The molecule has 1 aliphatic rings. The van der Waals surface area contributed by atoms with E-state index in [2.05, 4.69) is 5.32 Å². The number of aryl methyl sites for hydroxylation is 1. The number of fused-ring (bicyclic) bond motifs is 1. The van der Waals surface area contributed by atoms with Gasteiger partial charge in [0.25, 0.3) is 11.5 Å². The Morgan fingerprint density at radius 2 is 1.65 bits per heavy atom. The summed E-state index contributed by atoms with van der Waals surface area (Å²) in [6.45, 7) is 4.18. The van der Waals surface area contributed by atoms with Gasteiger partial charge in [-0.25, -0.2) is 4.99 Å². The molecule has 8 heteroatoms. The van der Waals surface area contributed by atoms with Crippen LogP contribution in [-0.2, 0) is 11.4 Å². The molecule has 214 valence electrons. The van der Waals surface area contributed by atoms with E-state index in [9.17, 15) is 9.59 Å². The summed E-state index contributed by atoms with van der Waals surface area (Å²) in [5, 5.41) is 3.64. The molecule has 0 saturated heterocycles. The maximum atomic E-state index is 14.0. The van der Waals surface area contributed by atoms with E-state index < -0.39 is 6.04 Å². The number of hydrogen-bond acceptors (Lipinski definition) is 5. The van der Waals surface area contributed by atoms with E-state index in [1.165, 1.54) is 11.3 Å². The van der Waals surface area contributed by atoms with Crippen molar-refractivity contribution in [2.24, 2.45) is 4.99 Å². The molecule has 43 heavy (non-hydrogen) atoms. The number of nitrogens with one attached hydrogen (secondary N) is 1. The Balaban J connectivity index is 1.34. The Morgan fingerprint density at radius 1 is 0.953 bits per heavy atom. The zero-order valence-corrected chi connectivity index (χ0v) is 25.2.